The lowest BCUT2D eigenvalue weighted by atomic mass is 9.93. The Labute approximate surface area is 217 Å². The van der Waals surface area contributed by atoms with Crippen LogP contribution in [-0.4, -0.2) is 36.2 Å². The first-order chi connectivity index (χ1) is 18.0. The first kappa shape index (κ1) is 24.9. The minimum absolute atomic E-state index is 0.0113. The zero-order valence-corrected chi connectivity index (χ0v) is 21.1. The molecule has 0 spiro atoms. The minimum atomic E-state index is -0.932. The van der Waals surface area contributed by atoms with Crippen LogP contribution >= 0.6 is 0 Å². The fraction of sp³-hybridized carbons (Fsp3) is 0.367. The first-order valence-electron chi connectivity index (χ1n) is 13.1. The number of nitrogens with zero attached hydrogens (tertiary/aromatic N) is 2. The van der Waals surface area contributed by atoms with Gasteiger partial charge in [0.25, 0.3) is 0 Å². The van der Waals surface area contributed by atoms with Gasteiger partial charge in [0.2, 0.25) is 11.8 Å². The van der Waals surface area contributed by atoms with Crippen LogP contribution in [0.2, 0.25) is 0 Å². The number of carbonyl (C=O) groups excluding carboxylic acids is 2. The molecule has 37 heavy (non-hydrogen) atoms. The fourth-order valence-electron chi connectivity index (χ4n) is 5.57. The second-order valence-electron chi connectivity index (χ2n) is 10.1. The van der Waals surface area contributed by atoms with Crippen LogP contribution in [0.4, 0.5) is 10.1 Å². The monoisotopic (exact) mass is 500 g/mol. The number of aryl methyl sites for hydroxylation is 1. The van der Waals surface area contributed by atoms with Crippen LogP contribution in [0.15, 0.2) is 77.4 Å². The van der Waals surface area contributed by atoms with Crippen LogP contribution in [0.3, 0.4) is 0 Å². The Bertz CT molecular complexity index is 1250. The van der Waals surface area contributed by atoms with E-state index in [2.05, 4.69) is 15.6 Å². The van der Waals surface area contributed by atoms with Crippen molar-refractivity contribution in [3.8, 4) is 0 Å². The highest BCUT2D eigenvalue weighted by molar-refractivity contribution is 6.02. The van der Waals surface area contributed by atoms with Crippen molar-refractivity contribution in [2.75, 3.05) is 4.90 Å². The highest BCUT2D eigenvalue weighted by Crippen LogP contribution is 2.33. The van der Waals surface area contributed by atoms with Crippen molar-refractivity contribution in [3.63, 3.8) is 0 Å². The number of fused-ring (bicyclic) bond motifs is 1. The van der Waals surface area contributed by atoms with Gasteiger partial charge in [0.15, 0.2) is 0 Å². The van der Waals surface area contributed by atoms with Gasteiger partial charge in [-0.25, -0.2) is 4.39 Å². The molecule has 1 saturated carbocycles. The van der Waals surface area contributed by atoms with Crippen LogP contribution in [0.25, 0.3) is 0 Å². The van der Waals surface area contributed by atoms with E-state index in [1.165, 1.54) is 23.5 Å². The van der Waals surface area contributed by atoms with E-state index in [0.717, 1.165) is 42.4 Å². The normalized spacial score (nSPS) is 21.5. The van der Waals surface area contributed by atoms with E-state index >= 15 is 0 Å². The number of allylic oxidation sites excluding steroid dienone is 1. The van der Waals surface area contributed by atoms with Gasteiger partial charge in [-0.2, -0.15) is 0 Å². The number of dihydropyridines is 1. The van der Waals surface area contributed by atoms with Gasteiger partial charge in [0.1, 0.15) is 11.9 Å². The van der Waals surface area contributed by atoms with E-state index in [1.807, 2.05) is 49.5 Å². The fourth-order valence-corrected chi connectivity index (χ4v) is 5.57. The average molecular weight is 501 g/mol. The average Bonchev–Trinajstić information content (AvgIpc) is 3.31. The molecule has 2 amide bonds. The van der Waals surface area contributed by atoms with Gasteiger partial charge in [-0.3, -0.25) is 19.5 Å². The molecule has 1 aliphatic carbocycles. The Kier molecular flexibility index (Phi) is 7.49. The molecule has 1 fully saturated rings. The summed E-state index contributed by atoms with van der Waals surface area (Å²) in [7, 11) is 0. The molecule has 2 aliphatic heterocycles. The van der Waals surface area contributed by atoms with Gasteiger partial charge in [-0.1, -0.05) is 55.7 Å². The Morgan fingerprint density at radius 3 is 2.73 bits per heavy atom. The molecular formula is C30H33FN4O2. The number of hydrogen-bond donors (Lipinski definition) is 2. The van der Waals surface area contributed by atoms with E-state index in [-0.39, 0.29) is 36.4 Å². The molecule has 2 aromatic rings. The van der Waals surface area contributed by atoms with Crippen molar-refractivity contribution in [3.05, 3.63) is 89.4 Å². The summed E-state index contributed by atoms with van der Waals surface area (Å²) < 4.78 is 14.4. The summed E-state index contributed by atoms with van der Waals surface area (Å²) in [6.45, 7) is 1.93. The van der Waals surface area contributed by atoms with Crippen molar-refractivity contribution in [1.82, 2.24) is 10.6 Å². The number of nitrogens with one attached hydrogen (secondary N) is 2. The molecule has 2 N–H and O–H groups in total. The standard InChI is InChI=1S/C30H33FN4O2/c1-20-9-5-6-14-25(20)29(30(37)34-23-11-3-2-4-12-23)35(24-13-7-10-22(31)18-24)27(36)17-21-19-33-26-15-8-16-32-28(21)26/h5-10,13-16,18-19,23,26,28-29,33H,2-4,11-12,17H2,1H3,(H,34,37). The second-order valence-corrected chi connectivity index (χ2v) is 10.1. The molecule has 192 valence electrons. The number of halogens is 1. The zero-order valence-electron chi connectivity index (χ0n) is 21.1. The molecule has 0 radical (unpaired) electrons. The third-order valence-electron chi connectivity index (χ3n) is 7.48. The Hall–Kier alpha value is -3.74. The Morgan fingerprint density at radius 1 is 1.14 bits per heavy atom. The molecule has 2 heterocycles. The molecule has 6 nitrogen and oxygen atoms in total. The van der Waals surface area contributed by atoms with Crippen LogP contribution in [-0.2, 0) is 9.59 Å². The van der Waals surface area contributed by atoms with Crippen molar-refractivity contribution in [2.24, 2.45) is 4.99 Å². The van der Waals surface area contributed by atoms with E-state index in [1.54, 1.807) is 18.3 Å². The molecule has 7 heteroatoms. The van der Waals surface area contributed by atoms with Crippen molar-refractivity contribution in [2.45, 2.75) is 69.6 Å². The minimum Gasteiger partial charge on any atom is -0.382 e. The second kappa shape index (κ2) is 11.1. The number of hydrogen-bond acceptors (Lipinski definition) is 4. The number of benzene rings is 2. The largest absolute Gasteiger partial charge is 0.382 e. The maximum Gasteiger partial charge on any atom is 0.248 e. The van der Waals surface area contributed by atoms with Gasteiger partial charge in [-0.15, -0.1) is 0 Å². The predicted molar refractivity (Wildman–Crippen MR) is 144 cm³/mol. The maximum atomic E-state index is 14.4. The van der Waals surface area contributed by atoms with Gasteiger partial charge >= 0.3 is 0 Å². The Morgan fingerprint density at radius 2 is 1.95 bits per heavy atom. The van der Waals surface area contributed by atoms with E-state index in [9.17, 15) is 14.0 Å². The number of rotatable bonds is 7. The van der Waals surface area contributed by atoms with E-state index < -0.39 is 11.9 Å². The van der Waals surface area contributed by atoms with Crippen molar-refractivity contribution < 1.29 is 14.0 Å². The van der Waals surface area contributed by atoms with Crippen molar-refractivity contribution in [1.29, 1.82) is 0 Å². The number of aliphatic imine (C=N–C) groups is 1. The van der Waals surface area contributed by atoms with Gasteiger partial charge < -0.3 is 10.6 Å². The molecule has 0 saturated heterocycles. The zero-order chi connectivity index (χ0) is 25.8. The van der Waals surface area contributed by atoms with Crippen LogP contribution < -0.4 is 15.5 Å². The maximum absolute atomic E-state index is 14.4. The first-order valence-corrected chi connectivity index (χ1v) is 13.1. The number of amides is 2. The van der Waals surface area contributed by atoms with Crippen molar-refractivity contribution >= 4 is 23.7 Å². The molecular weight excluding hydrogens is 467 g/mol. The summed E-state index contributed by atoms with van der Waals surface area (Å²) >= 11 is 0. The molecule has 0 aromatic heterocycles. The molecule has 0 bridgehead atoms. The van der Waals surface area contributed by atoms with Gasteiger partial charge in [0.05, 0.1) is 18.5 Å². The lowest BCUT2D eigenvalue weighted by molar-refractivity contribution is -0.127. The van der Waals surface area contributed by atoms with Crippen LogP contribution in [0.5, 0.6) is 0 Å². The highest BCUT2D eigenvalue weighted by Gasteiger charge is 2.37. The summed E-state index contributed by atoms with van der Waals surface area (Å²) in [5, 5.41) is 6.49. The summed E-state index contributed by atoms with van der Waals surface area (Å²) in [6.07, 6.45) is 12.7. The van der Waals surface area contributed by atoms with Crippen LogP contribution in [0, 0.1) is 12.7 Å². The topological polar surface area (TPSA) is 73.8 Å². The lowest BCUT2D eigenvalue weighted by Gasteiger charge is -2.34. The quantitative estimate of drug-likeness (QED) is 0.567. The smallest absolute Gasteiger partial charge is 0.248 e. The molecule has 5 rings (SSSR count). The van der Waals surface area contributed by atoms with Gasteiger partial charge in [0, 0.05) is 17.9 Å². The molecule has 3 unspecified atom stereocenters. The number of anilines is 1. The predicted octanol–water partition coefficient (Wildman–Crippen LogP) is 4.91. The third-order valence-corrected chi connectivity index (χ3v) is 7.48. The molecule has 3 aliphatic rings. The van der Waals surface area contributed by atoms with Crippen LogP contribution in [0.1, 0.15) is 55.7 Å². The van der Waals surface area contributed by atoms with Gasteiger partial charge in [-0.05, 0) is 66.9 Å². The summed E-state index contributed by atoms with van der Waals surface area (Å²) in [4.78, 5) is 34.1. The summed E-state index contributed by atoms with van der Waals surface area (Å²) in [5.41, 5.74) is 2.81. The SMILES string of the molecule is Cc1ccccc1C(C(=O)NC1CCCCC1)N(C(=O)CC1=CNC2C=CC=NC12)c1cccc(F)c1. The highest BCUT2D eigenvalue weighted by atomic mass is 19.1. The molecule has 3 atom stereocenters. The summed E-state index contributed by atoms with van der Waals surface area (Å²) in [6, 6.07) is 12.5. The third kappa shape index (κ3) is 5.50. The lowest BCUT2D eigenvalue weighted by Crippen LogP contribution is -2.47. The van der Waals surface area contributed by atoms with E-state index in [4.69, 9.17) is 0 Å². The number of carbonyl (C=O) groups is 2. The van der Waals surface area contributed by atoms with E-state index in [0.29, 0.717) is 5.69 Å². The Balaban J connectivity index is 1.52. The summed E-state index contributed by atoms with van der Waals surface area (Å²) in [5.74, 6) is -0.986. The molecule has 2 aromatic carbocycles.